The van der Waals surface area contributed by atoms with E-state index in [2.05, 4.69) is 15.1 Å². The molecule has 0 radical (unpaired) electrons. The molecular weight excluding hydrogens is 373 g/mol. The van der Waals surface area contributed by atoms with Gasteiger partial charge in [0.25, 0.3) is 5.56 Å². The maximum absolute atomic E-state index is 12.8. The topological polar surface area (TPSA) is 72.8 Å². The predicted molar refractivity (Wildman–Crippen MR) is 96.1 cm³/mol. The lowest BCUT2D eigenvalue weighted by atomic mass is 10.1. The number of alkyl halides is 3. The summed E-state index contributed by atoms with van der Waals surface area (Å²) in [6.07, 6.45) is -3.04. The van der Waals surface area contributed by atoms with Crippen molar-refractivity contribution in [1.82, 2.24) is 19.7 Å². The Kier molecular flexibility index (Phi) is 4.49. The van der Waals surface area contributed by atoms with Crippen LogP contribution in [0.3, 0.4) is 0 Å². The van der Waals surface area contributed by atoms with Crippen LogP contribution in [0, 0.1) is 6.92 Å². The van der Waals surface area contributed by atoms with Crippen LogP contribution >= 0.6 is 0 Å². The van der Waals surface area contributed by atoms with Crippen molar-refractivity contribution in [2.24, 2.45) is 0 Å². The van der Waals surface area contributed by atoms with Crippen LogP contribution in [0.1, 0.15) is 54.6 Å². The standard InChI is InChI=1S/C19H19F3N4O2/c1-10(12-5-7-13(8-6-12)19(20,21)22)26-17-15(18(27)24-11(2)23-17)16(25-26)14-4-3-9-28-14/h5-8,10,14H,3-4,9H2,1-2H3,(H,23,24,27)/t10-,14+/m1/s1. The number of benzene rings is 1. The van der Waals surface area contributed by atoms with E-state index in [1.54, 1.807) is 11.6 Å². The Balaban J connectivity index is 1.82. The molecule has 1 fully saturated rings. The molecule has 2 aromatic heterocycles. The van der Waals surface area contributed by atoms with Gasteiger partial charge in [-0.15, -0.1) is 0 Å². The molecule has 6 nitrogen and oxygen atoms in total. The molecule has 0 saturated carbocycles. The highest BCUT2D eigenvalue weighted by molar-refractivity contribution is 5.78. The number of nitrogens with one attached hydrogen (secondary N) is 1. The summed E-state index contributed by atoms with van der Waals surface area (Å²) in [4.78, 5) is 19.7. The van der Waals surface area contributed by atoms with E-state index in [4.69, 9.17) is 4.74 Å². The van der Waals surface area contributed by atoms with Gasteiger partial charge < -0.3 is 9.72 Å². The van der Waals surface area contributed by atoms with Gasteiger partial charge >= 0.3 is 6.18 Å². The average molecular weight is 392 g/mol. The van der Waals surface area contributed by atoms with Gasteiger partial charge in [0.15, 0.2) is 5.65 Å². The second kappa shape index (κ2) is 6.73. The molecular formula is C19H19F3N4O2. The fourth-order valence-corrected chi connectivity index (χ4v) is 3.56. The summed E-state index contributed by atoms with van der Waals surface area (Å²) >= 11 is 0. The molecule has 4 rings (SSSR count). The number of hydrogen-bond acceptors (Lipinski definition) is 4. The fourth-order valence-electron chi connectivity index (χ4n) is 3.56. The smallest absolute Gasteiger partial charge is 0.372 e. The molecule has 2 atom stereocenters. The van der Waals surface area contributed by atoms with E-state index in [1.807, 2.05) is 6.92 Å². The lowest BCUT2D eigenvalue weighted by Gasteiger charge is -2.15. The van der Waals surface area contributed by atoms with E-state index >= 15 is 0 Å². The molecule has 1 aromatic carbocycles. The van der Waals surface area contributed by atoms with Crippen molar-refractivity contribution in [3.8, 4) is 0 Å². The number of hydrogen-bond donors (Lipinski definition) is 1. The maximum atomic E-state index is 12.8. The molecule has 0 bridgehead atoms. The zero-order chi connectivity index (χ0) is 20.1. The SMILES string of the molecule is Cc1nc2c(c([C@@H]3CCCO3)nn2[C@H](C)c2ccc(C(F)(F)F)cc2)c(=O)[nH]1. The van der Waals surface area contributed by atoms with Crippen LogP contribution in [-0.4, -0.2) is 26.4 Å². The first-order valence-electron chi connectivity index (χ1n) is 9.03. The summed E-state index contributed by atoms with van der Waals surface area (Å²) in [5, 5.41) is 4.98. The van der Waals surface area contributed by atoms with E-state index in [9.17, 15) is 18.0 Å². The highest BCUT2D eigenvalue weighted by atomic mass is 19.4. The van der Waals surface area contributed by atoms with Crippen LogP contribution < -0.4 is 5.56 Å². The second-order valence-electron chi connectivity index (χ2n) is 6.98. The zero-order valence-corrected chi connectivity index (χ0v) is 15.4. The van der Waals surface area contributed by atoms with Crippen molar-refractivity contribution in [3.63, 3.8) is 0 Å². The third-order valence-corrected chi connectivity index (χ3v) is 5.03. The van der Waals surface area contributed by atoms with Crippen LogP contribution in [0.4, 0.5) is 13.2 Å². The van der Waals surface area contributed by atoms with Crippen molar-refractivity contribution in [2.75, 3.05) is 6.61 Å². The lowest BCUT2D eigenvalue weighted by Crippen LogP contribution is -2.13. The van der Waals surface area contributed by atoms with Crippen LogP contribution in [-0.2, 0) is 10.9 Å². The van der Waals surface area contributed by atoms with Crippen LogP contribution in [0.15, 0.2) is 29.1 Å². The predicted octanol–water partition coefficient (Wildman–Crippen LogP) is 3.91. The van der Waals surface area contributed by atoms with Gasteiger partial charge in [-0.2, -0.15) is 18.3 Å². The van der Waals surface area contributed by atoms with Gasteiger partial charge in [0, 0.05) is 6.61 Å². The molecule has 3 heterocycles. The van der Waals surface area contributed by atoms with Crippen molar-refractivity contribution in [3.05, 3.63) is 57.3 Å². The number of H-pyrrole nitrogens is 1. The summed E-state index contributed by atoms with van der Waals surface area (Å²) in [7, 11) is 0. The Hall–Kier alpha value is -2.68. The normalized spacial score (nSPS) is 18.7. The maximum Gasteiger partial charge on any atom is 0.416 e. The number of ether oxygens (including phenoxy) is 1. The Morgan fingerprint density at radius 1 is 1.29 bits per heavy atom. The number of fused-ring (bicyclic) bond motifs is 1. The summed E-state index contributed by atoms with van der Waals surface area (Å²) in [5.74, 6) is 0.442. The molecule has 28 heavy (non-hydrogen) atoms. The van der Waals surface area contributed by atoms with E-state index in [1.165, 1.54) is 12.1 Å². The highest BCUT2D eigenvalue weighted by Gasteiger charge is 2.31. The van der Waals surface area contributed by atoms with Gasteiger partial charge in [0.2, 0.25) is 0 Å². The van der Waals surface area contributed by atoms with E-state index < -0.39 is 17.8 Å². The van der Waals surface area contributed by atoms with Crippen LogP contribution in [0.5, 0.6) is 0 Å². The molecule has 0 unspecified atom stereocenters. The molecule has 1 saturated heterocycles. The van der Waals surface area contributed by atoms with Gasteiger partial charge in [0.1, 0.15) is 23.0 Å². The number of halogens is 3. The minimum Gasteiger partial charge on any atom is -0.372 e. The van der Waals surface area contributed by atoms with Crippen molar-refractivity contribution < 1.29 is 17.9 Å². The first-order valence-corrected chi connectivity index (χ1v) is 9.03. The first-order chi connectivity index (χ1) is 13.3. The fraction of sp³-hybridized carbons (Fsp3) is 0.421. The van der Waals surface area contributed by atoms with E-state index in [-0.39, 0.29) is 11.7 Å². The Labute approximate surface area is 158 Å². The van der Waals surface area contributed by atoms with Crippen LogP contribution in [0.25, 0.3) is 11.0 Å². The Morgan fingerprint density at radius 3 is 2.61 bits per heavy atom. The molecule has 1 N–H and O–H groups in total. The summed E-state index contributed by atoms with van der Waals surface area (Å²) in [6.45, 7) is 4.09. The van der Waals surface area contributed by atoms with Gasteiger partial charge in [-0.05, 0) is 44.4 Å². The van der Waals surface area contributed by atoms with Gasteiger partial charge in [-0.1, -0.05) is 12.1 Å². The molecule has 9 heteroatoms. The van der Waals surface area contributed by atoms with Crippen LogP contribution in [0.2, 0.25) is 0 Å². The summed E-state index contributed by atoms with van der Waals surface area (Å²) in [5.41, 5.74) is 0.563. The highest BCUT2D eigenvalue weighted by Crippen LogP contribution is 2.34. The van der Waals surface area contributed by atoms with E-state index in [0.29, 0.717) is 34.7 Å². The molecule has 0 spiro atoms. The number of aromatic amines is 1. The first kappa shape index (κ1) is 18.7. The quantitative estimate of drug-likeness (QED) is 0.734. The number of aromatic nitrogens is 4. The van der Waals surface area contributed by atoms with Crippen molar-refractivity contribution in [1.29, 1.82) is 0 Å². The monoisotopic (exact) mass is 392 g/mol. The zero-order valence-electron chi connectivity index (χ0n) is 15.4. The van der Waals surface area contributed by atoms with E-state index in [0.717, 1.165) is 25.0 Å². The number of nitrogens with zero attached hydrogens (tertiary/aromatic N) is 3. The molecule has 148 valence electrons. The van der Waals surface area contributed by atoms with Gasteiger partial charge in [-0.3, -0.25) is 4.79 Å². The molecule has 0 amide bonds. The number of aryl methyl sites for hydroxylation is 1. The second-order valence-corrected chi connectivity index (χ2v) is 6.98. The minimum atomic E-state index is -4.39. The molecule has 0 aliphatic carbocycles. The van der Waals surface area contributed by atoms with Crippen molar-refractivity contribution >= 4 is 11.0 Å². The molecule has 1 aliphatic rings. The largest absolute Gasteiger partial charge is 0.416 e. The third-order valence-electron chi connectivity index (χ3n) is 5.03. The Morgan fingerprint density at radius 2 is 2.00 bits per heavy atom. The lowest BCUT2D eigenvalue weighted by molar-refractivity contribution is -0.137. The number of rotatable bonds is 3. The average Bonchev–Trinajstić information content (AvgIpc) is 3.28. The Bertz CT molecular complexity index is 1060. The molecule has 1 aliphatic heterocycles. The third kappa shape index (κ3) is 3.19. The van der Waals surface area contributed by atoms with Gasteiger partial charge in [-0.25, -0.2) is 9.67 Å². The summed E-state index contributed by atoms with van der Waals surface area (Å²) in [6, 6.07) is 4.53. The minimum absolute atomic E-state index is 0.283. The molecule has 3 aromatic rings. The van der Waals surface area contributed by atoms with Crippen molar-refractivity contribution in [2.45, 2.75) is 45.0 Å². The summed E-state index contributed by atoms with van der Waals surface area (Å²) < 4.78 is 45.8. The van der Waals surface area contributed by atoms with Gasteiger partial charge in [0.05, 0.1) is 11.6 Å².